The van der Waals surface area contributed by atoms with Gasteiger partial charge in [-0.25, -0.2) is 4.79 Å². The summed E-state index contributed by atoms with van der Waals surface area (Å²) in [5.74, 6) is -6.14. The number of hydrogen-bond donors (Lipinski definition) is 1. The fourth-order valence-electron chi connectivity index (χ4n) is 3.91. The lowest BCUT2D eigenvalue weighted by atomic mass is 9.61. The maximum absolute atomic E-state index is 12.2. The normalized spacial score (nSPS) is 32.1. The number of methoxy groups -OCH3 is 2. The second kappa shape index (κ2) is 5.61. The number of carbonyl (C=O) groups excluding carboxylic acids is 3. The molecule has 0 aromatic carbocycles. The molecule has 1 saturated heterocycles. The summed E-state index contributed by atoms with van der Waals surface area (Å²) in [7, 11) is 2.34. The minimum absolute atomic E-state index is 0.00871. The second-order valence-electron chi connectivity index (χ2n) is 5.82. The van der Waals surface area contributed by atoms with Gasteiger partial charge in [-0.2, -0.15) is 0 Å². The quantitative estimate of drug-likeness (QED) is 0.713. The molecular formula is C15H18O8. The highest BCUT2D eigenvalue weighted by Crippen LogP contribution is 2.55. The predicted molar refractivity (Wildman–Crippen MR) is 73.0 cm³/mol. The van der Waals surface area contributed by atoms with Crippen LogP contribution in [0, 0.1) is 17.8 Å². The number of carbonyl (C=O) groups is 3. The Labute approximate surface area is 132 Å². The molecule has 0 aromatic rings. The van der Waals surface area contributed by atoms with Gasteiger partial charge >= 0.3 is 11.9 Å². The molecule has 3 atom stereocenters. The van der Waals surface area contributed by atoms with Crippen molar-refractivity contribution in [2.24, 2.45) is 17.8 Å². The van der Waals surface area contributed by atoms with Crippen molar-refractivity contribution >= 4 is 17.7 Å². The number of hydrogen-bond acceptors (Lipinski definition) is 8. The van der Waals surface area contributed by atoms with E-state index in [0.29, 0.717) is 0 Å². The summed E-state index contributed by atoms with van der Waals surface area (Å²) in [6.45, 7) is 0.564. The van der Waals surface area contributed by atoms with E-state index in [1.54, 1.807) is 0 Å². The van der Waals surface area contributed by atoms with Crippen molar-refractivity contribution < 1.29 is 38.4 Å². The lowest BCUT2D eigenvalue weighted by molar-refractivity contribution is -0.252. The number of ether oxygens (including phenoxy) is 4. The fourth-order valence-corrected chi connectivity index (χ4v) is 3.91. The van der Waals surface area contributed by atoms with Gasteiger partial charge in [0.05, 0.1) is 38.9 Å². The number of aliphatic hydroxyl groups is 1. The van der Waals surface area contributed by atoms with Crippen LogP contribution in [0.4, 0.5) is 0 Å². The van der Waals surface area contributed by atoms with E-state index in [1.807, 2.05) is 0 Å². The van der Waals surface area contributed by atoms with Crippen molar-refractivity contribution in [1.82, 2.24) is 0 Å². The summed E-state index contributed by atoms with van der Waals surface area (Å²) in [6.07, 6.45) is -0.00628. The Morgan fingerprint density at radius 2 is 1.83 bits per heavy atom. The van der Waals surface area contributed by atoms with Crippen LogP contribution < -0.4 is 0 Å². The summed E-state index contributed by atoms with van der Waals surface area (Å²) in [6, 6.07) is 0. The van der Waals surface area contributed by atoms with Gasteiger partial charge in [-0.1, -0.05) is 0 Å². The lowest BCUT2D eigenvalue weighted by Gasteiger charge is -2.50. The molecule has 2 bridgehead atoms. The first-order valence-corrected chi connectivity index (χ1v) is 7.35. The molecule has 0 radical (unpaired) electrons. The van der Waals surface area contributed by atoms with Gasteiger partial charge < -0.3 is 24.1 Å². The van der Waals surface area contributed by atoms with Crippen LogP contribution in [0.15, 0.2) is 11.3 Å². The molecule has 1 unspecified atom stereocenters. The number of ketones is 1. The highest BCUT2D eigenvalue weighted by Gasteiger charge is 2.65. The maximum atomic E-state index is 12.2. The van der Waals surface area contributed by atoms with Gasteiger partial charge in [-0.15, -0.1) is 0 Å². The van der Waals surface area contributed by atoms with Crippen LogP contribution in [-0.2, 0) is 33.3 Å². The van der Waals surface area contributed by atoms with Crippen molar-refractivity contribution in [3.05, 3.63) is 11.3 Å². The van der Waals surface area contributed by atoms with Crippen molar-refractivity contribution in [3.8, 4) is 0 Å². The molecular weight excluding hydrogens is 308 g/mol. The Morgan fingerprint density at radius 3 is 2.39 bits per heavy atom. The lowest BCUT2D eigenvalue weighted by Crippen LogP contribution is -2.60. The van der Waals surface area contributed by atoms with E-state index in [0.717, 1.165) is 7.11 Å². The molecule has 8 nitrogen and oxygen atoms in total. The molecule has 0 amide bonds. The number of aliphatic hydroxyl groups excluding tert-OH is 1. The second-order valence-corrected chi connectivity index (χ2v) is 5.82. The molecule has 1 heterocycles. The number of Topliss-reactive ketones (excluding diaryl/α,β-unsaturated/α-hetero) is 1. The third kappa shape index (κ3) is 2.16. The van der Waals surface area contributed by atoms with Crippen LogP contribution in [0.2, 0.25) is 0 Å². The molecule has 1 saturated carbocycles. The van der Waals surface area contributed by atoms with E-state index >= 15 is 0 Å². The van der Waals surface area contributed by atoms with Gasteiger partial charge in [-0.3, -0.25) is 9.59 Å². The molecule has 2 aliphatic carbocycles. The molecule has 1 N–H and O–H groups in total. The maximum Gasteiger partial charge on any atom is 0.337 e. The van der Waals surface area contributed by atoms with Gasteiger partial charge in [0, 0.05) is 18.8 Å². The molecule has 23 heavy (non-hydrogen) atoms. The summed E-state index contributed by atoms with van der Waals surface area (Å²) in [4.78, 5) is 36.5. The molecule has 1 spiro atoms. The first kappa shape index (κ1) is 15.9. The number of esters is 2. The topological polar surface area (TPSA) is 108 Å². The van der Waals surface area contributed by atoms with Crippen LogP contribution in [0.5, 0.6) is 0 Å². The predicted octanol–water partition coefficient (Wildman–Crippen LogP) is 0.113. The third-order valence-electron chi connectivity index (χ3n) is 4.80. The average Bonchev–Trinajstić information content (AvgIpc) is 3.00. The summed E-state index contributed by atoms with van der Waals surface area (Å²) in [5.41, 5.74) is -0.144. The highest BCUT2D eigenvalue weighted by molar-refractivity contribution is 5.95. The largest absolute Gasteiger partial charge is 0.511 e. The van der Waals surface area contributed by atoms with Crippen molar-refractivity contribution in [1.29, 1.82) is 0 Å². The Kier molecular flexibility index (Phi) is 3.89. The van der Waals surface area contributed by atoms with Crippen molar-refractivity contribution in [2.45, 2.75) is 18.6 Å². The van der Waals surface area contributed by atoms with Gasteiger partial charge in [-0.05, 0) is 0 Å². The smallest absolute Gasteiger partial charge is 0.337 e. The van der Waals surface area contributed by atoms with Crippen LogP contribution in [0.1, 0.15) is 12.8 Å². The van der Waals surface area contributed by atoms with Crippen LogP contribution in [-0.4, -0.2) is 56.0 Å². The highest BCUT2D eigenvalue weighted by atomic mass is 16.7. The zero-order chi connectivity index (χ0) is 16.8. The molecule has 0 aromatic heterocycles. The van der Waals surface area contributed by atoms with E-state index < -0.39 is 41.2 Å². The third-order valence-corrected chi connectivity index (χ3v) is 4.80. The fraction of sp³-hybridized carbons (Fsp3) is 0.667. The SMILES string of the molecule is COC(=O)C1=C(O)C(C(=O)OC)[C@H]2CC(=O)C[C@@H]1C21OCCO1. The van der Waals surface area contributed by atoms with Crippen LogP contribution >= 0.6 is 0 Å². The van der Waals surface area contributed by atoms with Gasteiger partial charge in [0.15, 0.2) is 5.79 Å². The minimum Gasteiger partial charge on any atom is -0.511 e. The first-order chi connectivity index (χ1) is 11.0. The Bertz CT molecular complexity index is 586. The molecule has 3 aliphatic rings. The molecule has 8 heteroatoms. The van der Waals surface area contributed by atoms with Gasteiger partial charge in [0.25, 0.3) is 0 Å². The Morgan fingerprint density at radius 1 is 1.17 bits per heavy atom. The zero-order valence-electron chi connectivity index (χ0n) is 12.9. The van der Waals surface area contributed by atoms with E-state index in [-0.39, 0.29) is 37.4 Å². The summed E-state index contributed by atoms with van der Waals surface area (Å²) >= 11 is 0. The number of rotatable bonds is 2. The Balaban J connectivity index is 2.20. The van der Waals surface area contributed by atoms with Crippen LogP contribution in [0.25, 0.3) is 0 Å². The molecule has 2 fully saturated rings. The molecule has 126 valence electrons. The standard InChI is InChI=1S/C15H18O8/c1-20-13(18)10-8-5-7(16)6-9(15(8)22-3-4-23-15)11(12(10)17)14(19)21-2/h8-10,17H,3-6H2,1-2H3/t8-,9+,10?/m1/s1. The van der Waals surface area contributed by atoms with Gasteiger partial charge in [0.1, 0.15) is 17.5 Å². The zero-order valence-corrected chi connectivity index (χ0v) is 12.9. The molecule has 1 aliphatic heterocycles. The van der Waals surface area contributed by atoms with Gasteiger partial charge in [0.2, 0.25) is 0 Å². The van der Waals surface area contributed by atoms with Crippen molar-refractivity contribution in [2.75, 3.05) is 27.4 Å². The molecule has 3 rings (SSSR count). The van der Waals surface area contributed by atoms with Crippen LogP contribution in [0.3, 0.4) is 0 Å². The van der Waals surface area contributed by atoms with E-state index in [9.17, 15) is 19.5 Å². The first-order valence-electron chi connectivity index (χ1n) is 7.35. The minimum atomic E-state index is -1.29. The average molecular weight is 326 g/mol. The van der Waals surface area contributed by atoms with E-state index in [4.69, 9.17) is 18.9 Å². The summed E-state index contributed by atoms with van der Waals surface area (Å²) in [5, 5.41) is 10.5. The van der Waals surface area contributed by atoms with E-state index in [1.165, 1.54) is 7.11 Å². The monoisotopic (exact) mass is 326 g/mol. The van der Waals surface area contributed by atoms with Crippen molar-refractivity contribution in [3.63, 3.8) is 0 Å². The van der Waals surface area contributed by atoms with E-state index in [2.05, 4.69) is 0 Å². The Hall–Kier alpha value is -1.93. The summed E-state index contributed by atoms with van der Waals surface area (Å²) < 4.78 is 21.0.